The summed E-state index contributed by atoms with van der Waals surface area (Å²) in [6, 6.07) is 0. The summed E-state index contributed by atoms with van der Waals surface area (Å²) in [7, 11) is 0.991. The largest absolute Gasteiger partial charge is 0.573 e. The molecule has 0 aromatic carbocycles. The molecule has 0 atom stereocenters. The van der Waals surface area contributed by atoms with Crippen LogP contribution in [-0.4, -0.2) is 34.5 Å². The van der Waals surface area contributed by atoms with Gasteiger partial charge in [-0.05, 0) is 9.91 Å². The highest BCUT2D eigenvalue weighted by molar-refractivity contribution is 5.74. The summed E-state index contributed by atoms with van der Waals surface area (Å²) >= 11 is 0. The van der Waals surface area contributed by atoms with Gasteiger partial charge >= 0.3 is 18.1 Å². The molecule has 1 N–H and O–H groups in total. The van der Waals surface area contributed by atoms with Crippen molar-refractivity contribution in [3.05, 3.63) is 21.9 Å². The zero-order valence-electron chi connectivity index (χ0n) is 9.80. The highest BCUT2D eigenvalue weighted by atomic mass is 19.4. The SMILES string of the molecule is COC(=O)Cc1cnc([N+](=O)[O-])c(O)c1OC(F)(F)F. The van der Waals surface area contributed by atoms with Crippen molar-refractivity contribution in [3.63, 3.8) is 0 Å². The maximum absolute atomic E-state index is 12.2. The molecule has 0 aliphatic rings. The molecule has 0 fully saturated rings. The van der Waals surface area contributed by atoms with Gasteiger partial charge in [-0.15, -0.1) is 13.2 Å². The normalized spacial score (nSPS) is 11.0. The zero-order chi connectivity index (χ0) is 15.5. The van der Waals surface area contributed by atoms with E-state index in [2.05, 4.69) is 14.5 Å². The van der Waals surface area contributed by atoms with Gasteiger partial charge in [0.05, 0.1) is 19.1 Å². The number of hydrogen-bond donors (Lipinski definition) is 1. The molecule has 0 saturated heterocycles. The van der Waals surface area contributed by atoms with E-state index in [4.69, 9.17) is 0 Å². The number of methoxy groups -OCH3 is 1. The molecule has 0 radical (unpaired) electrons. The Balaban J connectivity index is 3.33. The van der Waals surface area contributed by atoms with E-state index < -0.39 is 46.6 Å². The Morgan fingerprint density at radius 1 is 1.55 bits per heavy atom. The van der Waals surface area contributed by atoms with Crippen molar-refractivity contribution >= 4 is 11.8 Å². The predicted octanol–water partition coefficient (Wildman–Crippen LogP) is 1.31. The number of ether oxygens (including phenoxy) is 2. The van der Waals surface area contributed by atoms with Crippen molar-refractivity contribution in [2.45, 2.75) is 12.8 Å². The van der Waals surface area contributed by atoms with E-state index in [0.29, 0.717) is 6.20 Å². The van der Waals surface area contributed by atoms with Gasteiger partial charge in [0.15, 0.2) is 5.75 Å². The van der Waals surface area contributed by atoms with Crippen molar-refractivity contribution in [1.29, 1.82) is 0 Å². The number of nitrogens with zero attached hydrogens (tertiary/aromatic N) is 2. The summed E-state index contributed by atoms with van der Waals surface area (Å²) in [4.78, 5) is 23.5. The van der Waals surface area contributed by atoms with Crippen LogP contribution >= 0.6 is 0 Å². The Morgan fingerprint density at radius 3 is 2.60 bits per heavy atom. The lowest BCUT2D eigenvalue weighted by molar-refractivity contribution is -0.390. The molecule has 0 aliphatic carbocycles. The molecule has 0 bridgehead atoms. The first-order valence-electron chi connectivity index (χ1n) is 4.83. The van der Waals surface area contributed by atoms with Gasteiger partial charge in [-0.1, -0.05) is 0 Å². The van der Waals surface area contributed by atoms with Gasteiger partial charge in [0, 0.05) is 0 Å². The average Bonchev–Trinajstić information content (AvgIpc) is 2.31. The average molecular weight is 296 g/mol. The number of nitro groups is 1. The summed E-state index contributed by atoms with van der Waals surface area (Å²) < 4.78 is 44.4. The minimum atomic E-state index is -5.21. The second-order valence-electron chi connectivity index (χ2n) is 3.34. The van der Waals surface area contributed by atoms with Crippen LogP contribution in [0.5, 0.6) is 11.5 Å². The summed E-state index contributed by atoms with van der Waals surface area (Å²) in [6.45, 7) is 0. The Labute approximate surface area is 108 Å². The predicted molar refractivity (Wildman–Crippen MR) is 55.0 cm³/mol. The van der Waals surface area contributed by atoms with Gasteiger partial charge in [0.2, 0.25) is 0 Å². The van der Waals surface area contributed by atoms with Crippen molar-refractivity contribution in [2.75, 3.05) is 7.11 Å². The lowest BCUT2D eigenvalue weighted by Gasteiger charge is -2.12. The fourth-order valence-electron chi connectivity index (χ4n) is 1.23. The molecule has 0 amide bonds. The van der Waals surface area contributed by atoms with Gasteiger partial charge in [0.25, 0.3) is 5.75 Å². The monoisotopic (exact) mass is 296 g/mol. The van der Waals surface area contributed by atoms with E-state index in [1.165, 1.54) is 0 Å². The van der Waals surface area contributed by atoms with E-state index >= 15 is 0 Å². The van der Waals surface area contributed by atoms with Gasteiger partial charge < -0.3 is 24.7 Å². The molecule has 110 valence electrons. The number of carbonyl (C=O) groups excluding carboxylic acids is 1. The fraction of sp³-hybridized carbons (Fsp3) is 0.333. The van der Waals surface area contributed by atoms with Crippen LogP contribution in [0.3, 0.4) is 0 Å². The summed E-state index contributed by atoms with van der Waals surface area (Å²) in [5.74, 6) is -4.84. The quantitative estimate of drug-likeness (QED) is 0.506. The third kappa shape index (κ3) is 3.70. The molecule has 1 aromatic heterocycles. The van der Waals surface area contributed by atoms with E-state index in [0.717, 1.165) is 7.11 Å². The van der Waals surface area contributed by atoms with Gasteiger partial charge in [-0.3, -0.25) is 4.79 Å². The molecular weight excluding hydrogens is 289 g/mol. The minimum Gasteiger partial charge on any atom is -0.498 e. The van der Waals surface area contributed by atoms with E-state index in [1.807, 2.05) is 0 Å². The van der Waals surface area contributed by atoms with Crippen LogP contribution in [0.15, 0.2) is 6.20 Å². The van der Waals surface area contributed by atoms with E-state index in [-0.39, 0.29) is 0 Å². The topological polar surface area (TPSA) is 112 Å². The third-order valence-corrected chi connectivity index (χ3v) is 2.01. The number of halogens is 3. The number of pyridine rings is 1. The number of aromatic nitrogens is 1. The van der Waals surface area contributed by atoms with E-state index in [1.54, 1.807) is 0 Å². The highest BCUT2D eigenvalue weighted by Gasteiger charge is 2.36. The maximum Gasteiger partial charge on any atom is 0.573 e. The second kappa shape index (κ2) is 5.59. The number of carbonyl (C=O) groups is 1. The van der Waals surface area contributed by atoms with Crippen LogP contribution in [0.1, 0.15) is 5.56 Å². The van der Waals surface area contributed by atoms with Crippen LogP contribution in [0.2, 0.25) is 0 Å². The maximum atomic E-state index is 12.2. The van der Waals surface area contributed by atoms with E-state index in [9.17, 15) is 33.2 Å². The van der Waals surface area contributed by atoms with Gasteiger partial charge in [0.1, 0.15) is 6.20 Å². The molecule has 11 heteroatoms. The van der Waals surface area contributed by atoms with Gasteiger partial charge in [-0.2, -0.15) is 0 Å². The van der Waals surface area contributed by atoms with Crippen LogP contribution in [0, 0.1) is 10.1 Å². The number of rotatable bonds is 4. The van der Waals surface area contributed by atoms with Gasteiger partial charge in [-0.25, -0.2) is 0 Å². The Hall–Kier alpha value is -2.59. The first-order valence-corrected chi connectivity index (χ1v) is 4.83. The molecule has 0 unspecified atom stereocenters. The van der Waals surface area contributed by atoms with Crippen LogP contribution in [0.4, 0.5) is 19.0 Å². The first-order chi connectivity index (χ1) is 9.15. The molecule has 1 heterocycles. The molecule has 1 aromatic rings. The first kappa shape index (κ1) is 15.5. The van der Waals surface area contributed by atoms with Crippen LogP contribution in [0.25, 0.3) is 0 Å². The van der Waals surface area contributed by atoms with Crippen molar-refractivity contribution in [1.82, 2.24) is 4.98 Å². The second-order valence-corrected chi connectivity index (χ2v) is 3.34. The number of aromatic hydroxyl groups is 1. The van der Waals surface area contributed by atoms with Crippen LogP contribution < -0.4 is 4.74 Å². The third-order valence-electron chi connectivity index (χ3n) is 2.01. The fourth-order valence-corrected chi connectivity index (χ4v) is 1.23. The molecule has 0 aliphatic heterocycles. The number of hydrogen-bond acceptors (Lipinski definition) is 7. The Morgan fingerprint density at radius 2 is 2.15 bits per heavy atom. The molecule has 8 nitrogen and oxygen atoms in total. The zero-order valence-corrected chi connectivity index (χ0v) is 9.80. The smallest absolute Gasteiger partial charge is 0.498 e. The Kier molecular flexibility index (Phi) is 4.32. The standard InChI is InChI=1S/C9H7F3N2O6/c1-19-5(15)2-4-3-13-8(14(17)18)6(16)7(4)20-9(10,11)12/h3,16H,2H2,1H3. The number of alkyl halides is 3. The summed E-state index contributed by atoms with van der Waals surface area (Å²) in [5, 5.41) is 19.9. The van der Waals surface area contributed by atoms with Crippen LogP contribution in [-0.2, 0) is 16.0 Å². The molecular formula is C9H7F3N2O6. The highest BCUT2D eigenvalue weighted by Crippen LogP contribution is 2.40. The summed E-state index contributed by atoms with van der Waals surface area (Å²) in [6.07, 6.45) is -5.30. The number of esters is 1. The van der Waals surface area contributed by atoms with Crippen molar-refractivity contribution in [2.24, 2.45) is 0 Å². The summed E-state index contributed by atoms with van der Waals surface area (Å²) in [5.41, 5.74) is -0.503. The van der Waals surface area contributed by atoms with Crippen molar-refractivity contribution < 1.29 is 37.5 Å². The molecule has 0 saturated carbocycles. The Bertz CT molecular complexity index is 545. The minimum absolute atomic E-state index is 0.503. The lowest BCUT2D eigenvalue weighted by atomic mass is 10.2. The molecule has 0 spiro atoms. The lowest BCUT2D eigenvalue weighted by Crippen LogP contribution is -2.19. The molecule has 1 rings (SSSR count). The van der Waals surface area contributed by atoms with Crippen molar-refractivity contribution in [3.8, 4) is 11.5 Å². The molecule has 20 heavy (non-hydrogen) atoms.